The van der Waals surface area contributed by atoms with Crippen LogP contribution in [0.5, 0.6) is 5.75 Å². The molecule has 0 aliphatic carbocycles. The summed E-state index contributed by atoms with van der Waals surface area (Å²) < 4.78 is 5.72. The van der Waals surface area contributed by atoms with Crippen molar-refractivity contribution < 1.29 is 9.53 Å². The third-order valence-corrected chi connectivity index (χ3v) is 3.99. The first-order valence-corrected chi connectivity index (χ1v) is 7.81. The van der Waals surface area contributed by atoms with E-state index in [-0.39, 0.29) is 11.9 Å². The molecule has 1 aliphatic rings. The average molecular weight is 290 g/mol. The van der Waals surface area contributed by atoms with Crippen molar-refractivity contribution in [3.8, 4) is 5.75 Å². The normalized spacial score (nSPS) is 19.4. The number of hydrogen-bond donors (Lipinski definition) is 1. The van der Waals surface area contributed by atoms with Gasteiger partial charge in [-0.3, -0.25) is 4.79 Å². The zero-order valence-corrected chi connectivity index (χ0v) is 13.4. The molecule has 1 aliphatic heterocycles. The Bertz CT molecular complexity index is 514. The second kappa shape index (κ2) is 6.48. The lowest BCUT2D eigenvalue weighted by Crippen LogP contribution is -2.45. The molecule has 1 aromatic carbocycles. The van der Waals surface area contributed by atoms with Crippen LogP contribution >= 0.6 is 0 Å². The summed E-state index contributed by atoms with van der Waals surface area (Å²) in [6, 6.07) is 5.94. The molecule has 2 N–H and O–H groups in total. The number of carbonyl (C=O) groups excluding carboxylic acids is 1. The smallest absolute Gasteiger partial charge is 0.267 e. The van der Waals surface area contributed by atoms with Crippen LogP contribution in [-0.4, -0.2) is 18.6 Å². The zero-order valence-electron chi connectivity index (χ0n) is 13.4. The topological polar surface area (TPSA) is 55.6 Å². The van der Waals surface area contributed by atoms with E-state index in [4.69, 9.17) is 10.5 Å². The standard InChI is InChI=1S/C17H26N2O2/c1-5-14(18)13-6-7-16-15(10-13)19(9-8-11(2)3)17(20)12(4)21-16/h6-7,10-12,14H,5,8-9,18H2,1-4H3. The summed E-state index contributed by atoms with van der Waals surface area (Å²) in [7, 11) is 0. The first-order valence-electron chi connectivity index (χ1n) is 7.81. The van der Waals surface area contributed by atoms with Crippen LogP contribution in [0, 0.1) is 5.92 Å². The Kier molecular flexibility index (Phi) is 4.88. The van der Waals surface area contributed by atoms with E-state index in [2.05, 4.69) is 20.8 Å². The summed E-state index contributed by atoms with van der Waals surface area (Å²) in [4.78, 5) is 14.3. The van der Waals surface area contributed by atoms with Crippen LogP contribution in [0.25, 0.3) is 0 Å². The van der Waals surface area contributed by atoms with Gasteiger partial charge in [0.05, 0.1) is 5.69 Å². The maximum absolute atomic E-state index is 12.4. The lowest BCUT2D eigenvalue weighted by molar-refractivity contribution is -0.125. The summed E-state index contributed by atoms with van der Waals surface area (Å²) in [5.74, 6) is 1.36. The monoisotopic (exact) mass is 290 g/mol. The molecule has 0 saturated heterocycles. The minimum absolute atomic E-state index is 0.00305. The lowest BCUT2D eigenvalue weighted by Gasteiger charge is -2.34. The van der Waals surface area contributed by atoms with Gasteiger partial charge in [0.1, 0.15) is 5.75 Å². The van der Waals surface area contributed by atoms with Gasteiger partial charge in [-0.05, 0) is 43.4 Å². The zero-order chi connectivity index (χ0) is 15.6. The highest BCUT2D eigenvalue weighted by molar-refractivity contribution is 5.99. The number of ether oxygens (including phenoxy) is 1. The highest BCUT2D eigenvalue weighted by atomic mass is 16.5. The van der Waals surface area contributed by atoms with E-state index in [1.165, 1.54) is 0 Å². The first kappa shape index (κ1) is 15.8. The largest absolute Gasteiger partial charge is 0.479 e. The van der Waals surface area contributed by atoms with Crippen LogP contribution in [0.3, 0.4) is 0 Å². The van der Waals surface area contributed by atoms with Gasteiger partial charge in [-0.25, -0.2) is 0 Å². The van der Waals surface area contributed by atoms with Crippen LogP contribution in [0.15, 0.2) is 18.2 Å². The number of amides is 1. The quantitative estimate of drug-likeness (QED) is 0.905. The Morgan fingerprint density at radius 2 is 2.10 bits per heavy atom. The molecule has 0 radical (unpaired) electrons. The van der Waals surface area contributed by atoms with Gasteiger partial charge >= 0.3 is 0 Å². The minimum Gasteiger partial charge on any atom is -0.479 e. The van der Waals surface area contributed by atoms with E-state index in [9.17, 15) is 4.79 Å². The fourth-order valence-electron chi connectivity index (χ4n) is 2.51. The number of hydrogen-bond acceptors (Lipinski definition) is 3. The van der Waals surface area contributed by atoms with Gasteiger partial charge in [0.2, 0.25) is 0 Å². The fraction of sp³-hybridized carbons (Fsp3) is 0.588. The first-order chi connectivity index (χ1) is 9.93. The second-order valence-electron chi connectivity index (χ2n) is 6.17. The molecule has 0 fully saturated rings. The van der Waals surface area contributed by atoms with Gasteiger partial charge in [-0.15, -0.1) is 0 Å². The minimum atomic E-state index is -0.421. The number of nitrogens with two attached hydrogens (primary N) is 1. The van der Waals surface area contributed by atoms with Gasteiger partial charge in [-0.2, -0.15) is 0 Å². The van der Waals surface area contributed by atoms with Crippen molar-refractivity contribution in [1.82, 2.24) is 0 Å². The Morgan fingerprint density at radius 1 is 1.38 bits per heavy atom. The van der Waals surface area contributed by atoms with Gasteiger partial charge in [0.15, 0.2) is 6.10 Å². The molecule has 0 bridgehead atoms. The molecule has 116 valence electrons. The summed E-state index contributed by atoms with van der Waals surface area (Å²) >= 11 is 0. The van der Waals surface area contributed by atoms with E-state index >= 15 is 0 Å². The van der Waals surface area contributed by atoms with Crippen molar-refractivity contribution in [3.63, 3.8) is 0 Å². The molecule has 2 atom stereocenters. The highest BCUT2D eigenvalue weighted by Gasteiger charge is 2.31. The summed E-state index contributed by atoms with van der Waals surface area (Å²) in [5.41, 5.74) is 8.03. The third-order valence-electron chi connectivity index (χ3n) is 3.99. The van der Waals surface area contributed by atoms with Crippen LogP contribution in [0.1, 0.15) is 52.1 Å². The van der Waals surface area contributed by atoms with E-state index in [0.717, 1.165) is 36.4 Å². The van der Waals surface area contributed by atoms with Crippen LogP contribution in [-0.2, 0) is 4.79 Å². The predicted molar refractivity (Wildman–Crippen MR) is 85.6 cm³/mol. The number of fused-ring (bicyclic) bond motifs is 1. The summed E-state index contributed by atoms with van der Waals surface area (Å²) in [6.07, 6.45) is 1.42. The Morgan fingerprint density at radius 3 is 2.71 bits per heavy atom. The second-order valence-corrected chi connectivity index (χ2v) is 6.17. The Labute approximate surface area is 127 Å². The van der Waals surface area contributed by atoms with Crippen molar-refractivity contribution >= 4 is 11.6 Å². The van der Waals surface area contributed by atoms with Crippen molar-refractivity contribution in [3.05, 3.63) is 23.8 Å². The van der Waals surface area contributed by atoms with E-state index in [0.29, 0.717) is 5.92 Å². The van der Waals surface area contributed by atoms with Crippen LogP contribution in [0.2, 0.25) is 0 Å². The summed E-state index contributed by atoms with van der Waals surface area (Å²) in [6.45, 7) is 8.92. The van der Waals surface area contributed by atoms with E-state index < -0.39 is 6.10 Å². The number of nitrogens with zero attached hydrogens (tertiary/aromatic N) is 1. The number of carbonyl (C=O) groups is 1. The molecule has 0 spiro atoms. The van der Waals surface area contributed by atoms with Gasteiger partial charge in [-0.1, -0.05) is 26.8 Å². The van der Waals surface area contributed by atoms with Crippen molar-refractivity contribution in [2.75, 3.05) is 11.4 Å². The van der Waals surface area contributed by atoms with E-state index in [1.807, 2.05) is 23.1 Å². The Balaban J connectivity index is 2.35. The predicted octanol–water partition coefficient (Wildman–Crippen LogP) is 3.26. The molecular weight excluding hydrogens is 264 g/mol. The molecule has 1 aromatic rings. The van der Waals surface area contributed by atoms with Gasteiger partial charge < -0.3 is 15.4 Å². The van der Waals surface area contributed by atoms with Crippen molar-refractivity contribution in [2.45, 2.75) is 52.7 Å². The summed E-state index contributed by atoms with van der Waals surface area (Å²) in [5, 5.41) is 0. The average Bonchev–Trinajstić information content (AvgIpc) is 2.46. The fourth-order valence-corrected chi connectivity index (χ4v) is 2.51. The van der Waals surface area contributed by atoms with Crippen LogP contribution in [0.4, 0.5) is 5.69 Å². The van der Waals surface area contributed by atoms with E-state index in [1.54, 1.807) is 6.92 Å². The molecule has 4 heteroatoms. The highest BCUT2D eigenvalue weighted by Crippen LogP contribution is 2.36. The molecular formula is C17H26N2O2. The van der Waals surface area contributed by atoms with Gasteiger partial charge in [0.25, 0.3) is 5.91 Å². The molecule has 0 aromatic heterocycles. The lowest BCUT2D eigenvalue weighted by atomic mass is 10.0. The molecule has 4 nitrogen and oxygen atoms in total. The molecule has 2 rings (SSSR count). The molecule has 1 heterocycles. The molecule has 0 saturated carbocycles. The Hall–Kier alpha value is -1.55. The maximum Gasteiger partial charge on any atom is 0.267 e. The van der Waals surface area contributed by atoms with Crippen molar-refractivity contribution in [2.24, 2.45) is 11.7 Å². The molecule has 1 amide bonds. The number of benzene rings is 1. The maximum atomic E-state index is 12.4. The molecule has 2 unspecified atom stereocenters. The number of rotatable bonds is 5. The SMILES string of the molecule is CCC(N)c1ccc2c(c1)N(CCC(C)C)C(=O)C(C)O2. The third kappa shape index (κ3) is 3.38. The van der Waals surface area contributed by atoms with Crippen LogP contribution < -0.4 is 15.4 Å². The van der Waals surface area contributed by atoms with Gasteiger partial charge in [0, 0.05) is 12.6 Å². The number of anilines is 1. The van der Waals surface area contributed by atoms with Crippen molar-refractivity contribution in [1.29, 1.82) is 0 Å². The molecule has 21 heavy (non-hydrogen) atoms.